The van der Waals surface area contributed by atoms with Crippen LogP contribution in [0, 0.1) is 0 Å². The zero-order chi connectivity index (χ0) is 16.1. The molecule has 22 heavy (non-hydrogen) atoms. The fourth-order valence-corrected chi connectivity index (χ4v) is 2.55. The molecule has 0 saturated heterocycles. The van der Waals surface area contributed by atoms with E-state index in [1.165, 1.54) is 0 Å². The fraction of sp³-hybridized carbons (Fsp3) is 0.125. The maximum Gasteiger partial charge on any atom is 0.326 e. The minimum absolute atomic E-state index is 0.134. The van der Waals surface area contributed by atoms with Crippen LogP contribution in [-0.2, 0) is 11.2 Å². The summed E-state index contributed by atoms with van der Waals surface area (Å²) in [7, 11) is 0. The Labute approximate surface area is 141 Å². The average Bonchev–Trinajstić information content (AvgIpc) is 2.50. The molecule has 0 spiro atoms. The van der Waals surface area contributed by atoms with Crippen LogP contribution in [0.4, 0.5) is 0 Å². The zero-order valence-electron chi connectivity index (χ0n) is 11.4. The second kappa shape index (κ2) is 7.42. The molecular weight excluding hydrogens is 370 g/mol. The van der Waals surface area contributed by atoms with E-state index in [4.69, 9.17) is 11.6 Å². The quantitative estimate of drug-likeness (QED) is 0.831. The number of halogens is 2. The molecule has 4 nitrogen and oxygen atoms in total. The number of carboxylic acids is 1. The summed E-state index contributed by atoms with van der Waals surface area (Å²) in [4.78, 5) is 23.5. The molecule has 2 aromatic carbocycles. The van der Waals surface area contributed by atoms with E-state index < -0.39 is 17.9 Å². The third-order valence-corrected chi connectivity index (χ3v) is 4.08. The first-order valence-corrected chi connectivity index (χ1v) is 7.67. The van der Waals surface area contributed by atoms with Crippen LogP contribution in [0.5, 0.6) is 0 Å². The molecule has 0 saturated carbocycles. The van der Waals surface area contributed by atoms with Gasteiger partial charge in [-0.25, -0.2) is 4.79 Å². The van der Waals surface area contributed by atoms with Crippen molar-refractivity contribution in [3.8, 4) is 0 Å². The molecule has 0 aromatic heterocycles. The van der Waals surface area contributed by atoms with Crippen molar-refractivity contribution in [3.05, 3.63) is 69.2 Å². The summed E-state index contributed by atoms with van der Waals surface area (Å²) >= 11 is 9.28. The Morgan fingerprint density at radius 2 is 1.86 bits per heavy atom. The molecule has 6 heteroatoms. The topological polar surface area (TPSA) is 66.4 Å². The van der Waals surface area contributed by atoms with E-state index in [2.05, 4.69) is 21.2 Å². The van der Waals surface area contributed by atoms with Crippen molar-refractivity contribution in [1.82, 2.24) is 5.32 Å². The first kappa shape index (κ1) is 16.5. The highest BCUT2D eigenvalue weighted by Gasteiger charge is 2.22. The van der Waals surface area contributed by atoms with Gasteiger partial charge in [0.25, 0.3) is 5.91 Å². The Hall–Kier alpha value is -1.85. The summed E-state index contributed by atoms with van der Waals surface area (Å²) in [5.41, 5.74) is 1.13. The largest absolute Gasteiger partial charge is 0.480 e. The number of carbonyl (C=O) groups excluding carboxylic acids is 1. The van der Waals surface area contributed by atoms with Crippen LogP contribution in [-0.4, -0.2) is 23.0 Å². The smallest absolute Gasteiger partial charge is 0.326 e. The molecule has 1 atom stereocenters. The van der Waals surface area contributed by atoms with Crippen molar-refractivity contribution >= 4 is 39.4 Å². The molecular formula is C16H13BrClNO3. The number of amides is 1. The van der Waals surface area contributed by atoms with Gasteiger partial charge in [0.2, 0.25) is 0 Å². The van der Waals surface area contributed by atoms with Crippen molar-refractivity contribution in [2.75, 3.05) is 0 Å². The zero-order valence-corrected chi connectivity index (χ0v) is 13.8. The normalized spacial score (nSPS) is 11.7. The van der Waals surface area contributed by atoms with Crippen molar-refractivity contribution in [1.29, 1.82) is 0 Å². The van der Waals surface area contributed by atoms with E-state index in [-0.39, 0.29) is 6.42 Å². The molecule has 2 rings (SSSR count). The third-order valence-electron chi connectivity index (χ3n) is 3.07. The van der Waals surface area contributed by atoms with Crippen LogP contribution in [0.1, 0.15) is 15.9 Å². The molecule has 0 aliphatic rings. The highest BCUT2D eigenvalue weighted by molar-refractivity contribution is 9.10. The number of nitrogens with one attached hydrogen (secondary N) is 1. The number of rotatable bonds is 5. The van der Waals surface area contributed by atoms with E-state index in [9.17, 15) is 14.7 Å². The molecule has 0 aliphatic carbocycles. The first-order chi connectivity index (χ1) is 10.5. The number of carbonyl (C=O) groups is 2. The van der Waals surface area contributed by atoms with Crippen molar-refractivity contribution in [2.24, 2.45) is 0 Å². The maximum absolute atomic E-state index is 12.1. The first-order valence-electron chi connectivity index (χ1n) is 6.50. The summed E-state index contributed by atoms with van der Waals surface area (Å²) in [5.74, 6) is -1.53. The van der Waals surface area contributed by atoms with Gasteiger partial charge in [-0.3, -0.25) is 4.79 Å². The van der Waals surface area contributed by atoms with Crippen molar-refractivity contribution in [3.63, 3.8) is 0 Å². The number of benzene rings is 2. The number of aliphatic carboxylic acids is 1. The highest BCUT2D eigenvalue weighted by Crippen LogP contribution is 2.22. The van der Waals surface area contributed by atoms with Crippen molar-refractivity contribution in [2.45, 2.75) is 12.5 Å². The van der Waals surface area contributed by atoms with Crippen LogP contribution in [0.25, 0.3) is 0 Å². The molecule has 0 fully saturated rings. The second-order valence-electron chi connectivity index (χ2n) is 4.67. The Morgan fingerprint density at radius 3 is 2.50 bits per heavy atom. The number of hydrogen-bond donors (Lipinski definition) is 2. The van der Waals surface area contributed by atoms with Gasteiger partial charge in [-0.15, -0.1) is 0 Å². The minimum Gasteiger partial charge on any atom is -0.480 e. The SMILES string of the molecule is O=C(N[C@@H](Cc1cc(Cl)ccc1Br)C(=O)O)c1ccccc1. The van der Waals surface area contributed by atoms with Crippen LogP contribution in [0.3, 0.4) is 0 Å². The highest BCUT2D eigenvalue weighted by atomic mass is 79.9. The molecule has 0 radical (unpaired) electrons. The Balaban J connectivity index is 2.15. The lowest BCUT2D eigenvalue weighted by atomic mass is 10.1. The van der Waals surface area contributed by atoms with Crippen LogP contribution in [0.15, 0.2) is 53.0 Å². The summed E-state index contributed by atoms with van der Waals surface area (Å²) in [6.45, 7) is 0. The van der Waals surface area contributed by atoms with Gasteiger partial charge in [-0.1, -0.05) is 45.7 Å². The molecule has 0 heterocycles. The Morgan fingerprint density at radius 1 is 1.18 bits per heavy atom. The predicted molar refractivity (Wildman–Crippen MR) is 88.2 cm³/mol. The van der Waals surface area contributed by atoms with Gasteiger partial charge in [0.05, 0.1) is 0 Å². The van der Waals surface area contributed by atoms with Gasteiger partial charge in [-0.2, -0.15) is 0 Å². The summed E-state index contributed by atoms with van der Waals surface area (Å²) in [6.07, 6.45) is 0.134. The molecule has 0 aliphatic heterocycles. The summed E-state index contributed by atoms with van der Waals surface area (Å²) in [6, 6.07) is 12.6. The Kier molecular flexibility index (Phi) is 5.57. The lowest BCUT2D eigenvalue weighted by Crippen LogP contribution is -2.42. The monoisotopic (exact) mass is 381 g/mol. The van der Waals surface area contributed by atoms with Crippen molar-refractivity contribution < 1.29 is 14.7 Å². The Bertz CT molecular complexity index is 691. The summed E-state index contributed by atoms with van der Waals surface area (Å²) < 4.78 is 0.747. The molecule has 2 aromatic rings. The van der Waals surface area contributed by atoms with Crippen LogP contribution in [0.2, 0.25) is 5.02 Å². The standard InChI is InChI=1S/C16H13BrClNO3/c17-13-7-6-12(18)8-11(13)9-14(16(21)22)19-15(20)10-4-2-1-3-5-10/h1-8,14H,9H2,(H,19,20)(H,21,22)/t14-/m0/s1. The minimum atomic E-state index is -1.10. The lowest BCUT2D eigenvalue weighted by molar-refractivity contribution is -0.139. The van der Waals surface area contributed by atoms with Gasteiger partial charge < -0.3 is 10.4 Å². The average molecular weight is 383 g/mol. The molecule has 1 amide bonds. The van der Waals surface area contributed by atoms with E-state index in [1.807, 2.05) is 0 Å². The van der Waals surface area contributed by atoms with Gasteiger partial charge in [-0.05, 0) is 35.9 Å². The molecule has 114 valence electrons. The van der Waals surface area contributed by atoms with Gasteiger partial charge in [0, 0.05) is 21.5 Å². The maximum atomic E-state index is 12.1. The molecule has 0 unspecified atom stereocenters. The predicted octanol–water partition coefficient (Wildman–Crippen LogP) is 3.53. The second-order valence-corrected chi connectivity index (χ2v) is 5.96. The van der Waals surface area contributed by atoms with E-state index in [1.54, 1.807) is 48.5 Å². The van der Waals surface area contributed by atoms with Crippen LogP contribution < -0.4 is 5.32 Å². The fourth-order valence-electron chi connectivity index (χ4n) is 1.95. The number of carboxylic acid groups (broad SMARTS) is 1. The van der Waals surface area contributed by atoms with Crippen LogP contribution >= 0.6 is 27.5 Å². The summed E-state index contributed by atoms with van der Waals surface area (Å²) in [5, 5.41) is 12.4. The van der Waals surface area contributed by atoms with E-state index >= 15 is 0 Å². The number of hydrogen-bond acceptors (Lipinski definition) is 2. The van der Waals surface area contributed by atoms with E-state index in [0.717, 1.165) is 4.47 Å². The van der Waals surface area contributed by atoms with Gasteiger partial charge >= 0.3 is 5.97 Å². The lowest BCUT2D eigenvalue weighted by Gasteiger charge is -2.15. The molecule has 2 N–H and O–H groups in total. The molecule has 0 bridgehead atoms. The van der Waals surface area contributed by atoms with Gasteiger partial charge in [0.15, 0.2) is 0 Å². The van der Waals surface area contributed by atoms with E-state index in [0.29, 0.717) is 16.1 Å². The van der Waals surface area contributed by atoms with Gasteiger partial charge in [0.1, 0.15) is 6.04 Å². The third kappa shape index (κ3) is 4.32.